The van der Waals surface area contributed by atoms with Gasteiger partial charge in [0.2, 0.25) is 0 Å². The third-order valence-electron chi connectivity index (χ3n) is 3.70. The largest absolute Gasteiger partial charge is 0.377 e. The lowest BCUT2D eigenvalue weighted by atomic mass is 10.0. The lowest BCUT2D eigenvalue weighted by Gasteiger charge is -2.42. The van der Waals surface area contributed by atoms with E-state index in [9.17, 15) is 0 Å². The quantitative estimate of drug-likeness (QED) is 0.887. The number of rotatable bonds is 2. The van der Waals surface area contributed by atoms with Crippen molar-refractivity contribution in [2.75, 3.05) is 24.7 Å². The Labute approximate surface area is 113 Å². The van der Waals surface area contributed by atoms with E-state index in [1.54, 1.807) is 0 Å². The Morgan fingerprint density at radius 1 is 1.42 bits per heavy atom. The van der Waals surface area contributed by atoms with Crippen molar-refractivity contribution in [3.05, 3.63) is 30.1 Å². The lowest BCUT2D eigenvalue weighted by Crippen LogP contribution is -2.53. The Bertz CT molecular complexity index is 590. The van der Waals surface area contributed by atoms with Crippen molar-refractivity contribution in [2.45, 2.75) is 25.9 Å². The molecule has 0 atom stereocenters. The van der Waals surface area contributed by atoms with Crippen molar-refractivity contribution in [1.29, 1.82) is 0 Å². The molecule has 0 saturated carbocycles. The van der Waals surface area contributed by atoms with Crippen molar-refractivity contribution in [1.82, 2.24) is 9.38 Å². The molecule has 102 valence electrons. The van der Waals surface area contributed by atoms with Gasteiger partial charge in [-0.05, 0) is 26.0 Å². The first-order chi connectivity index (χ1) is 9.13. The first kappa shape index (κ1) is 12.4. The fraction of sp³-hybridized carbons (Fsp3) is 0.500. The molecular weight excluding hydrogens is 240 g/mol. The Kier molecular flexibility index (Phi) is 2.95. The molecular formula is C14H20N4O. The molecule has 0 unspecified atom stereocenters. The van der Waals surface area contributed by atoms with E-state index in [0.717, 1.165) is 30.3 Å². The van der Waals surface area contributed by atoms with Crippen LogP contribution in [-0.2, 0) is 11.3 Å². The van der Waals surface area contributed by atoms with E-state index in [2.05, 4.69) is 23.1 Å². The number of anilines is 1. The van der Waals surface area contributed by atoms with E-state index < -0.39 is 0 Å². The van der Waals surface area contributed by atoms with E-state index in [1.807, 2.05) is 24.4 Å². The average Bonchev–Trinajstić information content (AvgIpc) is 2.76. The Hall–Kier alpha value is -1.59. The van der Waals surface area contributed by atoms with Gasteiger partial charge in [0.25, 0.3) is 0 Å². The maximum atomic E-state index is 5.94. The minimum absolute atomic E-state index is 0.0555. The summed E-state index contributed by atoms with van der Waals surface area (Å²) >= 11 is 0. The molecule has 3 rings (SSSR count). The van der Waals surface area contributed by atoms with Gasteiger partial charge in [-0.2, -0.15) is 0 Å². The van der Waals surface area contributed by atoms with E-state index in [-0.39, 0.29) is 5.54 Å². The number of pyridine rings is 1. The maximum Gasteiger partial charge on any atom is 0.153 e. The van der Waals surface area contributed by atoms with Crippen LogP contribution in [0.3, 0.4) is 0 Å². The second-order valence-corrected chi connectivity index (χ2v) is 5.53. The summed E-state index contributed by atoms with van der Waals surface area (Å²) in [6, 6.07) is 6.01. The molecule has 19 heavy (non-hydrogen) atoms. The first-order valence-electron chi connectivity index (χ1n) is 6.65. The van der Waals surface area contributed by atoms with Gasteiger partial charge >= 0.3 is 0 Å². The van der Waals surface area contributed by atoms with Gasteiger partial charge in [0, 0.05) is 19.3 Å². The normalized spacial score (nSPS) is 19.0. The van der Waals surface area contributed by atoms with Gasteiger partial charge in [0.1, 0.15) is 5.65 Å². The van der Waals surface area contributed by atoms with Crippen LogP contribution in [0.2, 0.25) is 0 Å². The van der Waals surface area contributed by atoms with E-state index in [0.29, 0.717) is 13.2 Å². The molecule has 0 aliphatic carbocycles. The van der Waals surface area contributed by atoms with Crippen molar-refractivity contribution < 1.29 is 4.74 Å². The lowest BCUT2D eigenvalue weighted by molar-refractivity contribution is 0.0638. The van der Waals surface area contributed by atoms with E-state index in [1.165, 1.54) is 0 Å². The zero-order valence-electron chi connectivity index (χ0n) is 11.5. The van der Waals surface area contributed by atoms with Gasteiger partial charge in [-0.15, -0.1) is 0 Å². The SMILES string of the molecule is CC1(C)COCCN1c1nc2ccccn2c1CN. The number of morpholine rings is 1. The molecule has 5 nitrogen and oxygen atoms in total. The molecule has 2 aromatic rings. The van der Waals surface area contributed by atoms with Crippen molar-refractivity contribution in [3.63, 3.8) is 0 Å². The van der Waals surface area contributed by atoms with Gasteiger partial charge in [-0.1, -0.05) is 6.07 Å². The topological polar surface area (TPSA) is 55.8 Å². The number of nitrogens with two attached hydrogens (primary N) is 1. The Morgan fingerprint density at radius 3 is 3.00 bits per heavy atom. The average molecular weight is 260 g/mol. The van der Waals surface area contributed by atoms with Gasteiger partial charge in [0.05, 0.1) is 24.4 Å². The third kappa shape index (κ3) is 1.99. The maximum absolute atomic E-state index is 5.94. The van der Waals surface area contributed by atoms with Crippen LogP contribution in [0.15, 0.2) is 24.4 Å². The summed E-state index contributed by atoms with van der Waals surface area (Å²) in [4.78, 5) is 7.07. The summed E-state index contributed by atoms with van der Waals surface area (Å²) in [6.07, 6.45) is 2.02. The summed E-state index contributed by atoms with van der Waals surface area (Å²) < 4.78 is 7.65. The summed E-state index contributed by atoms with van der Waals surface area (Å²) in [5.41, 5.74) is 7.89. The highest BCUT2D eigenvalue weighted by atomic mass is 16.5. The van der Waals surface area contributed by atoms with Crippen LogP contribution in [0.1, 0.15) is 19.5 Å². The van der Waals surface area contributed by atoms with Crippen LogP contribution in [0, 0.1) is 0 Å². The highest BCUT2D eigenvalue weighted by Crippen LogP contribution is 2.29. The molecule has 1 aliphatic heterocycles. The molecule has 0 aromatic carbocycles. The van der Waals surface area contributed by atoms with E-state index >= 15 is 0 Å². The van der Waals surface area contributed by atoms with Crippen LogP contribution in [0.25, 0.3) is 5.65 Å². The zero-order valence-corrected chi connectivity index (χ0v) is 11.5. The molecule has 0 spiro atoms. The standard InChI is InChI=1S/C14H20N4O/c1-14(2)10-19-8-7-18(14)13-11(9-15)17-6-4-3-5-12(17)16-13/h3-6H,7-10,15H2,1-2H3. The molecule has 1 fully saturated rings. The molecule has 3 heterocycles. The summed E-state index contributed by atoms with van der Waals surface area (Å²) in [6.45, 7) is 7.14. The molecule has 1 aliphatic rings. The van der Waals surface area contributed by atoms with Crippen molar-refractivity contribution >= 4 is 11.5 Å². The minimum Gasteiger partial charge on any atom is -0.377 e. The van der Waals surface area contributed by atoms with Gasteiger partial charge < -0.3 is 19.8 Å². The molecule has 2 aromatic heterocycles. The summed E-state index contributed by atoms with van der Waals surface area (Å²) in [5.74, 6) is 0.988. The fourth-order valence-electron chi connectivity index (χ4n) is 2.69. The Morgan fingerprint density at radius 2 is 2.26 bits per heavy atom. The van der Waals surface area contributed by atoms with E-state index in [4.69, 9.17) is 15.5 Å². The van der Waals surface area contributed by atoms with Gasteiger partial charge in [-0.25, -0.2) is 4.98 Å². The number of imidazole rings is 1. The van der Waals surface area contributed by atoms with Crippen LogP contribution in [0.5, 0.6) is 0 Å². The zero-order chi connectivity index (χ0) is 13.5. The molecule has 0 bridgehead atoms. The number of aromatic nitrogens is 2. The predicted molar refractivity (Wildman–Crippen MR) is 75.3 cm³/mol. The van der Waals surface area contributed by atoms with Gasteiger partial charge in [0.15, 0.2) is 5.82 Å². The fourth-order valence-corrected chi connectivity index (χ4v) is 2.69. The number of fused-ring (bicyclic) bond motifs is 1. The second-order valence-electron chi connectivity index (χ2n) is 5.53. The molecule has 5 heteroatoms. The van der Waals surface area contributed by atoms with Crippen molar-refractivity contribution in [2.24, 2.45) is 5.73 Å². The molecule has 0 radical (unpaired) electrons. The molecule has 1 saturated heterocycles. The number of hydrogen-bond acceptors (Lipinski definition) is 4. The number of nitrogens with zero attached hydrogens (tertiary/aromatic N) is 3. The third-order valence-corrected chi connectivity index (χ3v) is 3.70. The number of hydrogen-bond donors (Lipinski definition) is 1. The van der Waals surface area contributed by atoms with Crippen LogP contribution < -0.4 is 10.6 Å². The second kappa shape index (κ2) is 4.51. The predicted octanol–water partition coefficient (Wildman–Crippen LogP) is 1.41. The molecule has 0 amide bonds. The van der Waals surface area contributed by atoms with Crippen LogP contribution in [-0.4, -0.2) is 34.7 Å². The summed E-state index contributed by atoms with van der Waals surface area (Å²) in [5, 5.41) is 0. The number of ether oxygens (including phenoxy) is 1. The highest BCUT2D eigenvalue weighted by Gasteiger charge is 2.33. The first-order valence-corrected chi connectivity index (χ1v) is 6.65. The highest BCUT2D eigenvalue weighted by molar-refractivity contribution is 5.57. The van der Waals surface area contributed by atoms with Crippen LogP contribution >= 0.6 is 0 Å². The van der Waals surface area contributed by atoms with Crippen molar-refractivity contribution in [3.8, 4) is 0 Å². The Balaban J connectivity index is 2.13. The monoisotopic (exact) mass is 260 g/mol. The van der Waals surface area contributed by atoms with Gasteiger partial charge in [-0.3, -0.25) is 0 Å². The molecule has 2 N–H and O–H groups in total. The van der Waals surface area contributed by atoms with Crippen LogP contribution in [0.4, 0.5) is 5.82 Å². The summed E-state index contributed by atoms with van der Waals surface area (Å²) in [7, 11) is 0. The smallest absolute Gasteiger partial charge is 0.153 e. The minimum atomic E-state index is -0.0555.